The van der Waals surface area contributed by atoms with E-state index in [1.165, 1.54) is 0 Å². The van der Waals surface area contributed by atoms with Gasteiger partial charge in [-0.25, -0.2) is 8.42 Å². The van der Waals surface area contributed by atoms with E-state index >= 15 is 0 Å². The minimum absolute atomic E-state index is 0.162. The first kappa shape index (κ1) is 22.3. The van der Waals surface area contributed by atoms with E-state index in [0.717, 1.165) is 33.2 Å². The van der Waals surface area contributed by atoms with Crippen LogP contribution in [0.15, 0.2) is 112 Å². The molecule has 0 fully saturated rings. The topological polar surface area (TPSA) is 75.3 Å². The summed E-state index contributed by atoms with van der Waals surface area (Å²) in [6, 6.07) is 29.0. The summed E-state index contributed by atoms with van der Waals surface area (Å²) in [6.07, 6.45) is 0. The van der Waals surface area contributed by atoms with Gasteiger partial charge < -0.3 is 10.6 Å². The van der Waals surface area contributed by atoms with E-state index in [9.17, 15) is 13.2 Å². The second-order valence-corrected chi connectivity index (χ2v) is 10.9. The zero-order valence-corrected chi connectivity index (χ0v) is 19.8. The van der Waals surface area contributed by atoms with Crippen LogP contribution in [0.1, 0.15) is 15.9 Å². The van der Waals surface area contributed by atoms with Gasteiger partial charge in [0.25, 0.3) is 5.91 Å². The van der Waals surface area contributed by atoms with Crippen LogP contribution in [-0.4, -0.2) is 20.2 Å². The van der Waals surface area contributed by atoms with Gasteiger partial charge in [-0.2, -0.15) is 0 Å². The Morgan fingerprint density at radius 3 is 2.18 bits per heavy atom. The lowest BCUT2D eigenvalue weighted by molar-refractivity contribution is 0.0950. The number of hydrogen-bond donors (Lipinski definition) is 2. The van der Waals surface area contributed by atoms with Crippen molar-refractivity contribution >= 4 is 33.2 Å². The van der Waals surface area contributed by atoms with Gasteiger partial charge in [-0.05, 0) is 59.2 Å². The molecule has 0 aliphatic carbocycles. The van der Waals surface area contributed by atoms with Crippen LogP contribution in [0, 0.1) is 0 Å². The maximum Gasteiger partial charge on any atom is 0.251 e. The fourth-order valence-corrected chi connectivity index (χ4v) is 5.93. The molecule has 34 heavy (non-hydrogen) atoms. The number of carbonyl (C=O) groups is 1. The maximum absolute atomic E-state index is 13.1. The Bertz CT molecular complexity index is 1430. The number of amides is 1. The summed E-state index contributed by atoms with van der Waals surface area (Å²) >= 11 is 1.67. The first-order chi connectivity index (χ1) is 16.5. The van der Waals surface area contributed by atoms with Gasteiger partial charge in [-0.3, -0.25) is 4.79 Å². The normalized spacial score (nSPS) is 12.6. The Morgan fingerprint density at radius 1 is 0.824 bits per heavy atom. The molecule has 1 amide bonds. The number of anilines is 1. The van der Waals surface area contributed by atoms with Crippen molar-refractivity contribution in [2.24, 2.45) is 0 Å². The summed E-state index contributed by atoms with van der Waals surface area (Å²) in [5, 5.41) is 6.15. The molecule has 7 heteroatoms. The van der Waals surface area contributed by atoms with Crippen molar-refractivity contribution in [3.63, 3.8) is 0 Å². The summed E-state index contributed by atoms with van der Waals surface area (Å²) < 4.78 is 26.1. The van der Waals surface area contributed by atoms with E-state index in [-0.39, 0.29) is 15.7 Å². The molecule has 4 aromatic rings. The summed E-state index contributed by atoms with van der Waals surface area (Å²) in [5.41, 5.74) is 4.47. The van der Waals surface area contributed by atoms with Gasteiger partial charge in [0, 0.05) is 22.7 Å². The first-order valence-electron chi connectivity index (χ1n) is 10.8. The van der Waals surface area contributed by atoms with Crippen molar-refractivity contribution in [2.45, 2.75) is 21.2 Å². The van der Waals surface area contributed by atoms with Crippen LogP contribution in [0.5, 0.6) is 0 Å². The number of sulfone groups is 1. The Labute approximate surface area is 203 Å². The molecule has 0 bridgehead atoms. The summed E-state index contributed by atoms with van der Waals surface area (Å²) in [7, 11) is -3.63. The highest BCUT2D eigenvalue weighted by atomic mass is 32.2. The van der Waals surface area contributed by atoms with Gasteiger partial charge in [0.15, 0.2) is 0 Å². The van der Waals surface area contributed by atoms with E-state index in [1.54, 1.807) is 54.2 Å². The lowest BCUT2D eigenvalue weighted by Gasteiger charge is -2.09. The van der Waals surface area contributed by atoms with Gasteiger partial charge in [-0.15, -0.1) is 11.8 Å². The number of nitrogens with one attached hydrogen (secondary N) is 2. The molecular weight excluding hydrogens is 464 g/mol. The fraction of sp³-hybridized carbons (Fsp3) is 0.0741. The number of fused-ring (bicyclic) bond motifs is 1. The molecule has 0 atom stereocenters. The molecule has 0 saturated carbocycles. The van der Waals surface area contributed by atoms with Gasteiger partial charge in [0.05, 0.1) is 15.7 Å². The molecular formula is C27H22N2O3S2. The molecule has 5 nitrogen and oxygen atoms in total. The molecule has 0 radical (unpaired) electrons. The second-order valence-electron chi connectivity index (χ2n) is 7.90. The van der Waals surface area contributed by atoms with Crippen LogP contribution in [0.4, 0.5) is 5.69 Å². The highest BCUT2D eigenvalue weighted by Crippen LogP contribution is 2.34. The number of rotatable bonds is 6. The van der Waals surface area contributed by atoms with Gasteiger partial charge >= 0.3 is 0 Å². The smallest absolute Gasteiger partial charge is 0.251 e. The third-order valence-corrected chi connectivity index (χ3v) is 8.42. The predicted molar refractivity (Wildman–Crippen MR) is 136 cm³/mol. The lowest BCUT2D eigenvalue weighted by atomic mass is 10.1. The third kappa shape index (κ3) is 4.58. The average Bonchev–Trinajstić information content (AvgIpc) is 3.36. The standard InChI is InChI=1S/C27H22N2O3S2/c30-27(22-10-15-25-26(16-22)33-18-29-25)28-17-19-6-11-23(12-7-19)34(31,32)24-13-8-21(9-14-24)20-4-2-1-3-5-20/h1-16,29H,17-18H2,(H,28,30). The molecule has 0 aromatic heterocycles. The average molecular weight is 487 g/mol. The Balaban J connectivity index is 1.25. The largest absolute Gasteiger partial charge is 0.375 e. The van der Waals surface area contributed by atoms with Crippen molar-refractivity contribution in [3.8, 4) is 11.1 Å². The van der Waals surface area contributed by atoms with Gasteiger partial charge in [0.2, 0.25) is 9.84 Å². The van der Waals surface area contributed by atoms with Crippen LogP contribution >= 0.6 is 11.8 Å². The molecule has 0 saturated heterocycles. The van der Waals surface area contributed by atoms with Crippen molar-refractivity contribution in [2.75, 3.05) is 11.2 Å². The van der Waals surface area contributed by atoms with Crippen molar-refractivity contribution in [1.82, 2.24) is 5.32 Å². The summed E-state index contributed by atoms with van der Waals surface area (Å²) in [6.45, 7) is 0.313. The Morgan fingerprint density at radius 2 is 1.47 bits per heavy atom. The van der Waals surface area contributed by atoms with Crippen molar-refractivity contribution < 1.29 is 13.2 Å². The molecule has 1 aliphatic heterocycles. The first-order valence-corrected chi connectivity index (χ1v) is 13.3. The van der Waals surface area contributed by atoms with E-state index in [2.05, 4.69) is 10.6 Å². The summed E-state index contributed by atoms with van der Waals surface area (Å²) in [5.74, 6) is 0.651. The van der Waals surface area contributed by atoms with Gasteiger partial charge in [0.1, 0.15) is 0 Å². The maximum atomic E-state index is 13.1. The molecule has 170 valence electrons. The lowest BCUT2D eigenvalue weighted by Crippen LogP contribution is -2.22. The minimum Gasteiger partial charge on any atom is -0.375 e. The number of carbonyl (C=O) groups excluding carboxylic acids is 1. The molecule has 2 N–H and O–H groups in total. The Hall–Kier alpha value is -3.55. The molecule has 1 heterocycles. The number of benzene rings is 4. The Kier molecular flexibility index (Phi) is 6.13. The number of hydrogen-bond acceptors (Lipinski definition) is 5. The van der Waals surface area contributed by atoms with Crippen LogP contribution in [0.2, 0.25) is 0 Å². The fourth-order valence-electron chi connectivity index (χ4n) is 3.78. The molecule has 0 spiro atoms. The van der Waals surface area contributed by atoms with Crippen LogP contribution in [0.25, 0.3) is 11.1 Å². The van der Waals surface area contributed by atoms with E-state index in [4.69, 9.17) is 0 Å². The third-order valence-electron chi connectivity index (χ3n) is 5.69. The molecule has 4 aromatic carbocycles. The summed E-state index contributed by atoms with van der Waals surface area (Å²) in [4.78, 5) is 14.1. The van der Waals surface area contributed by atoms with Crippen LogP contribution < -0.4 is 10.6 Å². The zero-order chi connectivity index (χ0) is 23.5. The zero-order valence-electron chi connectivity index (χ0n) is 18.2. The molecule has 5 rings (SSSR count). The second kappa shape index (κ2) is 9.37. The minimum atomic E-state index is -3.63. The highest BCUT2D eigenvalue weighted by molar-refractivity contribution is 7.99. The van der Waals surface area contributed by atoms with E-state index in [0.29, 0.717) is 12.1 Å². The molecule has 0 unspecified atom stereocenters. The van der Waals surface area contributed by atoms with Gasteiger partial charge in [-0.1, -0.05) is 54.6 Å². The SMILES string of the molecule is O=C(NCc1ccc(S(=O)(=O)c2ccc(-c3ccccc3)cc2)cc1)c1ccc2c(c1)SCN2. The van der Waals surface area contributed by atoms with Crippen molar-refractivity contribution in [3.05, 3.63) is 108 Å². The monoisotopic (exact) mass is 486 g/mol. The highest BCUT2D eigenvalue weighted by Gasteiger charge is 2.18. The van der Waals surface area contributed by atoms with E-state index < -0.39 is 9.84 Å². The predicted octanol–water partition coefficient (Wildman–Crippen LogP) is 5.59. The van der Waals surface area contributed by atoms with Crippen LogP contribution in [-0.2, 0) is 16.4 Å². The number of thioether (sulfide) groups is 1. The van der Waals surface area contributed by atoms with Crippen LogP contribution in [0.3, 0.4) is 0 Å². The molecule has 1 aliphatic rings. The van der Waals surface area contributed by atoms with E-state index in [1.807, 2.05) is 54.6 Å². The quantitative estimate of drug-likeness (QED) is 0.372. The van der Waals surface area contributed by atoms with Crippen molar-refractivity contribution in [1.29, 1.82) is 0 Å².